The maximum absolute atomic E-state index is 12.9. The first kappa shape index (κ1) is 16.9. The standard InChI is InChI=1S/C17H19N3O5/c1-3-19-15(23)11-6-4-5-7-12(11)20-14(22)8-9-17(19,20)16(24)25-10-13(21)18-2/h4-7H,3,8-10H2,1-2H3,(H,18,21)/t17-/m0/s1. The molecule has 2 aliphatic rings. The molecule has 0 aromatic heterocycles. The molecule has 1 fully saturated rings. The van der Waals surface area contributed by atoms with Gasteiger partial charge in [0.05, 0.1) is 11.3 Å². The summed E-state index contributed by atoms with van der Waals surface area (Å²) in [5.74, 6) is -1.82. The summed E-state index contributed by atoms with van der Waals surface area (Å²) >= 11 is 0. The van der Waals surface area contributed by atoms with Crippen molar-refractivity contribution in [2.24, 2.45) is 0 Å². The van der Waals surface area contributed by atoms with Crippen LogP contribution in [0.1, 0.15) is 30.1 Å². The van der Waals surface area contributed by atoms with Gasteiger partial charge in [0.1, 0.15) is 0 Å². The maximum Gasteiger partial charge on any atom is 0.354 e. The van der Waals surface area contributed by atoms with Gasteiger partial charge < -0.3 is 15.0 Å². The third-order valence-electron chi connectivity index (χ3n) is 4.63. The van der Waals surface area contributed by atoms with Crippen LogP contribution in [0.25, 0.3) is 0 Å². The zero-order valence-electron chi connectivity index (χ0n) is 14.1. The molecule has 8 heteroatoms. The van der Waals surface area contributed by atoms with E-state index in [4.69, 9.17) is 4.74 Å². The van der Waals surface area contributed by atoms with Crippen LogP contribution in [0, 0.1) is 0 Å². The van der Waals surface area contributed by atoms with Gasteiger partial charge in [0.2, 0.25) is 11.6 Å². The number of nitrogens with zero attached hydrogens (tertiary/aromatic N) is 2. The van der Waals surface area contributed by atoms with Crippen molar-refractivity contribution < 1.29 is 23.9 Å². The second kappa shape index (κ2) is 6.19. The van der Waals surface area contributed by atoms with E-state index in [2.05, 4.69) is 5.32 Å². The lowest BCUT2D eigenvalue weighted by Gasteiger charge is -2.47. The lowest BCUT2D eigenvalue weighted by molar-refractivity contribution is -0.159. The van der Waals surface area contributed by atoms with E-state index in [1.807, 2.05) is 0 Å². The Morgan fingerprint density at radius 1 is 1.28 bits per heavy atom. The number of likely N-dealkylation sites (N-methyl/N-ethyl adjacent to an activating group) is 2. The van der Waals surface area contributed by atoms with Gasteiger partial charge in [0.25, 0.3) is 11.8 Å². The quantitative estimate of drug-likeness (QED) is 0.791. The van der Waals surface area contributed by atoms with Crippen LogP contribution in [0.4, 0.5) is 5.69 Å². The van der Waals surface area contributed by atoms with Gasteiger partial charge in [-0.1, -0.05) is 12.1 Å². The van der Waals surface area contributed by atoms with Crippen LogP contribution < -0.4 is 10.2 Å². The third-order valence-corrected chi connectivity index (χ3v) is 4.63. The van der Waals surface area contributed by atoms with Gasteiger partial charge >= 0.3 is 5.97 Å². The van der Waals surface area contributed by atoms with Crippen molar-refractivity contribution >= 4 is 29.4 Å². The predicted molar refractivity (Wildman–Crippen MR) is 87.6 cm³/mol. The summed E-state index contributed by atoms with van der Waals surface area (Å²) in [7, 11) is 1.43. The summed E-state index contributed by atoms with van der Waals surface area (Å²) < 4.78 is 5.14. The van der Waals surface area contributed by atoms with Crippen LogP contribution in [-0.2, 0) is 19.1 Å². The Hall–Kier alpha value is -2.90. The average molecular weight is 345 g/mol. The van der Waals surface area contributed by atoms with Crippen molar-refractivity contribution in [3.8, 4) is 0 Å². The average Bonchev–Trinajstić information content (AvgIpc) is 2.98. The highest BCUT2D eigenvalue weighted by atomic mass is 16.5. The smallest absolute Gasteiger partial charge is 0.354 e. The van der Waals surface area contributed by atoms with Crippen molar-refractivity contribution in [1.29, 1.82) is 0 Å². The molecule has 8 nitrogen and oxygen atoms in total. The van der Waals surface area contributed by atoms with Gasteiger partial charge in [0, 0.05) is 26.4 Å². The first-order valence-corrected chi connectivity index (χ1v) is 8.09. The van der Waals surface area contributed by atoms with Gasteiger partial charge in [0.15, 0.2) is 6.61 Å². The second-order valence-electron chi connectivity index (χ2n) is 5.86. The molecule has 3 amide bonds. The molecule has 132 valence electrons. The number of nitrogens with one attached hydrogen (secondary N) is 1. The molecule has 2 heterocycles. The number of esters is 1. The van der Waals surface area contributed by atoms with Crippen molar-refractivity contribution in [2.45, 2.75) is 25.4 Å². The molecule has 1 aromatic rings. The second-order valence-corrected chi connectivity index (χ2v) is 5.86. The fourth-order valence-corrected chi connectivity index (χ4v) is 3.49. The van der Waals surface area contributed by atoms with E-state index in [0.29, 0.717) is 11.3 Å². The topological polar surface area (TPSA) is 96.0 Å². The molecule has 1 atom stereocenters. The minimum Gasteiger partial charge on any atom is -0.452 e. The Labute approximate surface area is 144 Å². The molecule has 0 saturated carbocycles. The molecule has 1 saturated heterocycles. The Morgan fingerprint density at radius 3 is 2.68 bits per heavy atom. The van der Waals surface area contributed by atoms with Gasteiger partial charge in [-0.2, -0.15) is 0 Å². The number of hydrogen-bond donors (Lipinski definition) is 1. The molecule has 0 radical (unpaired) electrons. The Morgan fingerprint density at radius 2 is 2.00 bits per heavy atom. The molecule has 1 N–H and O–H groups in total. The zero-order chi connectivity index (χ0) is 18.2. The molecule has 0 aliphatic carbocycles. The monoisotopic (exact) mass is 345 g/mol. The number of hydrogen-bond acceptors (Lipinski definition) is 5. The summed E-state index contributed by atoms with van der Waals surface area (Å²) in [6.07, 6.45) is 0.250. The van der Waals surface area contributed by atoms with Crippen LogP contribution in [0.2, 0.25) is 0 Å². The van der Waals surface area contributed by atoms with Crippen molar-refractivity contribution in [2.75, 3.05) is 25.1 Å². The van der Waals surface area contributed by atoms with E-state index in [-0.39, 0.29) is 31.2 Å². The van der Waals surface area contributed by atoms with E-state index < -0.39 is 24.1 Å². The number of rotatable bonds is 4. The minimum atomic E-state index is -1.54. The largest absolute Gasteiger partial charge is 0.452 e. The highest BCUT2D eigenvalue weighted by molar-refractivity contribution is 6.15. The minimum absolute atomic E-state index is 0.118. The number of anilines is 1. The van der Waals surface area contributed by atoms with Crippen LogP contribution in [0.15, 0.2) is 24.3 Å². The van der Waals surface area contributed by atoms with E-state index in [1.165, 1.54) is 16.8 Å². The lowest BCUT2D eigenvalue weighted by atomic mass is 9.96. The normalized spacial score (nSPS) is 21.7. The molecule has 3 rings (SSSR count). The number of carbonyl (C=O) groups excluding carboxylic acids is 4. The zero-order valence-corrected chi connectivity index (χ0v) is 14.1. The molecule has 25 heavy (non-hydrogen) atoms. The van der Waals surface area contributed by atoms with Crippen LogP contribution >= 0.6 is 0 Å². The number of carbonyl (C=O) groups is 4. The van der Waals surface area contributed by atoms with Crippen LogP contribution in [-0.4, -0.2) is 54.5 Å². The molecule has 0 spiro atoms. The van der Waals surface area contributed by atoms with Crippen molar-refractivity contribution in [1.82, 2.24) is 10.2 Å². The molecule has 0 unspecified atom stereocenters. The Kier molecular flexibility index (Phi) is 4.20. The van der Waals surface area contributed by atoms with Crippen molar-refractivity contribution in [3.63, 3.8) is 0 Å². The predicted octanol–water partition coefficient (Wildman–Crippen LogP) is 0.275. The van der Waals surface area contributed by atoms with Crippen LogP contribution in [0.3, 0.4) is 0 Å². The number of ether oxygens (including phenoxy) is 1. The number of fused-ring (bicyclic) bond motifs is 3. The lowest BCUT2D eigenvalue weighted by Crippen LogP contribution is -2.68. The third kappa shape index (κ3) is 2.36. The summed E-state index contributed by atoms with van der Waals surface area (Å²) in [5, 5.41) is 2.36. The van der Waals surface area contributed by atoms with E-state index in [9.17, 15) is 19.2 Å². The fraction of sp³-hybridized carbons (Fsp3) is 0.412. The fourth-order valence-electron chi connectivity index (χ4n) is 3.49. The first-order valence-electron chi connectivity index (χ1n) is 8.09. The van der Waals surface area contributed by atoms with Gasteiger partial charge in [-0.25, -0.2) is 4.79 Å². The van der Waals surface area contributed by atoms with E-state index in [1.54, 1.807) is 31.2 Å². The number of amides is 3. The molecule has 2 aliphatic heterocycles. The van der Waals surface area contributed by atoms with Gasteiger partial charge in [-0.05, 0) is 19.1 Å². The number of para-hydroxylation sites is 1. The summed E-state index contributed by atoms with van der Waals surface area (Å²) in [6, 6.07) is 6.69. The van der Waals surface area contributed by atoms with Gasteiger partial charge in [-0.3, -0.25) is 19.3 Å². The number of benzene rings is 1. The van der Waals surface area contributed by atoms with Crippen LogP contribution in [0.5, 0.6) is 0 Å². The summed E-state index contributed by atoms with van der Waals surface area (Å²) in [5.41, 5.74) is -0.767. The molecule has 0 bridgehead atoms. The molecular weight excluding hydrogens is 326 g/mol. The molecular formula is C17H19N3O5. The van der Waals surface area contributed by atoms with E-state index >= 15 is 0 Å². The van der Waals surface area contributed by atoms with E-state index in [0.717, 1.165) is 0 Å². The highest BCUT2D eigenvalue weighted by Gasteiger charge is 2.61. The SMILES string of the molecule is CCN1C(=O)c2ccccc2N2C(=O)CC[C@]12C(=O)OCC(=O)NC. The maximum atomic E-state index is 12.9. The Balaban J connectivity index is 2.09. The summed E-state index contributed by atoms with van der Waals surface area (Å²) in [4.78, 5) is 52.5. The first-order chi connectivity index (χ1) is 12.0. The summed E-state index contributed by atoms with van der Waals surface area (Å²) in [6.45, 7) is 1.50. The van der Waals surface area contributed by atoms with Gasteiger partial charge in [-0.15, -0.1) is 0 Å². The highest BCUT2D eigenvalue weighted by Crippen LogP contribution is 2.44. The van der Waals surface area contributed by atoms with Crippen molar-refractivity contribution in [3.05, 3.63) is 29.8 Å². The molecule has 1 aromatic carbocycles. The Bertz CT molecular complexity index is 762.